The fourth-order valence-electron chi connectivity index (χ4n) is 3.13. The monoisotopic (exact) mass is 309 g/mol. The number of hydrogen-bond donors (Lipinski definition) is 0. The van der Waals surface area contributed by atoms with Crippen LogP contribution in [-0.4, -0.2) is 53.9 Å². The van der Waals surface area contributed by atoms with Gasteiger partial charge in [-0.05, 0) is 32.2 Å². The number of aromatic nitrogens is 1. The summed E-state index contributed by atoms with van der Waals surface area (Å²) in [4.78, 5) is 21.4. The fourth-order valence-corrected chi connectivity index (χ4v) is 3.13. The molecule has 3 aromatic rings. The second kappa shape index (κ2) is 5.35. The Morgan fingerprint density at radius 1 is 1.13 bits per heavy atom. The van der Waals surface area contributed by atoms with Crippen molar-refractivity contribution in [2.24, 2.45) is 0 Å². The maximum atomic E-state index is 12.7. The molecular formula is C18H19N3O2. The second-order valence-corrected chi connectivity index (χ2v) is 6.16. The van der Waals surface area contributed by atoms with Gasteiger partial charge in [0.25, 0.3) is 5.91 Å². The van der Waals surface area contributed by atoms with Gasteiger partial charge in [-0.15, -0.1) is 0 Å². The van der Waals surface area contributed by atoms with Gasteiger partial charge >= 0.3 is 0 Å². The number of carbonyl (C=O) groups excluding carboxylic acids is 1. The first-order valence-corrected chi connectivity index (χ1v) is 7.90. The van der Waals surface area contributed by atoms with E-state index in [1.165, 1.54) is 0 Å². The van der Waals surface area contributed by atoms with E-state index in [0.29, 0.717) is 5.76 Å². The van der Waals surface area contributed by atoms with Gasteiger partial charge < -0.3 is 14.2 Å². The summed E-state index contributed by atoms with van der Waals surface area (Å²) in [5, 5.41) is 1.87. The summed E-state index contributed by atoms with van der Waals surface area (Å²) < 4.78 is 5.96. The van der Waals surface area contributed by atoms with Crippen molar-refractivity contribution in [1.29, 1.82) is 0 Å². The summed E-state index contributed by atoms with van der Waals surface area (Å²) in [6, 6.07) is 9.71. The Labute approximate surface area is 134 Å². The molecule has 0 saturated carbocycles. The van der Waals surface area contributed by atoms with Crippen molar-refractivity contribution in [3.8, 4) is 0 Å². The summed E-state index contributed by atoms with van der Waals surface area (Å²) in [6.07, 6.45) is 0. The molecule has 0 unspecified atom stereocenters. The topological polar surface area (TPSA) is 49.6 Å². The van der Waals surface area contributed by atoms with Crippen molar-refractivity contribution in [3.05, 3.63) is 41.8 Å². The molecule has 1 fully saturated rings. The lowest BCUT2D eigenvalue weighted by Crippen LogP contribution is -2.47. The molecule has 2 aromatic heterocycles. The lowest BCUT2D eigenvalue weighted by molar-refractivity contribution is 0.0635. The first-order valence-electron chi connectivity index (χ1n) is 7.90. The second-order valence-electron chi connectivity index (χ2n) is 6.16. The van der Waals surface area contributed by atoms with Gasteiger partial charge in [-0.3, -0.25) is 9.78 Å². The molecule has 1 amide bonds. The highest BCUT2D eigenvalue weighted by atomic mass is 16.3. The lowest BCUT2D eigenvalue weighted by atomic mass is 10.1. The molecule has 118 valence electrons. The third kappa shape index (κ3) is 2.37. The molecule has 1 aliphatic rings. The van der Waals surface area contributed by atoms with Crippen LogP contribution in [0.25, 0.3) is 21.9 Å². The average Bonchev–Trinajstić information content (AvgIpc) is 3.01. The number of piperazine rings is 1. The van der Waals surface area contributed by atoms with E-state index in [0.717, 1.165) is 53.7 Å². The van der Waals surface area contributed by atoms with Crippen molar-refractivity contribution in [3.63, 3.8) is 0 Å². The molecule has 0 aliphatic carbocycles. The number of carbonyl (C=O) groups is 1. The minimum Gasteiger partial charge on any atom is -0.450 e. The highest BCUT2D eigenvalue weighted by molar-refractivity contribution is 6.06. The molecule has 0 bridgehead atoms. The summed E-state index contributed by atoms with van der Waals surface area (Å²) >= 11 is 0. The van der Waals surface area contributed by atoms with Gasteiger partial charge in [0.1, 0.15) is 5.58 Å². The van der Waals surface area contributed by atoms with Crippen LogP contribution in [-0.2, 0) is 0 Å². The number of nitrogens with zero attached hydrogens (tertiary/aromatic N) is 3. The number of pyridine rings is 1. The molecule has 3 heterocycles. The van der Waals surface area contributed by atoms with Crippen LogP contribution in [0.15, 0.2) is 34.7 Å². The van der Waals surface area contributed by atoms with Gasteiger partial charge in [0, 0.05) is 42.6 Å². The van der Waals surface area contributed by atoms with Crippen molar-refractivity contribution >= 4 is 27.8 Å². The molecule has 5 heteroatoms. The van der Waals surface area contributed by atoms with Gasteiger partial charge in [-0.2, -0.15) is 0 Å². The number of likely N-dealkylation sites (N-methyl/N-ethyl adjacent to an activating group) is 1. The number of aryl methyl sites for hydroxylation is 1. The zero-order valence-corrected chi connectivity index (χ0v) is 13.4. The SMILES string of the molecule is Cc1nc2ccccc2c2oc(C(=O)N3CCN(C)CC3)cc12. The van der Waals surface area contributed by atoms with Crippen LogP contribution < -0.4 is 0 Å². The minimum atomic E-state index is -0.0298. The van der Waals surface area contributed by atoms with E-state index >= 15 is 0 Å². The molecule has 0 N–H and O–H groups in total. The van der Waals surface area contributed by atoms with E-state index < -0.39 is 0 Å². The number of para-hydroxylation sites is 1. The van der Waals surface area contributed by atoms with Crippen LogP contribution in [0.3, 0.4) is 0 Å². The summed E-state index contributed by atoms with van der Waals surface area (Å²) in [5.74, 6) is 0.378. The Balaban J connectivity index is 1.78. The largest absolute Gasteiger partial charge is 0.450 e. The number of amides is 1. The van der Waals surface area contributed by atoms with Gasteiger partial charge in [-0.25, -0.2) is 0 Å². The molecule has 23 heavy (non-hydrogen) atoms. The van der Waals surface area contributed by atoms with E-state index in [-0.39, 0.29) is 5.91 Å². The molecule has 5 nitrogen and oxygen atoms in total. The highest BCUT2D eigenvalue weighted by Crippen LogP contribution is 2.29. The third-order valence-corrected chi connectivity index (χ3v) is 4.56. The zero-order valence-electron chi connectivity index (χ0n) is 13.4. The Kier molecular flexibility index (Phi) is 3.31. The minimum absolute atomic E-state index is 0.0298. The Bertz CT molecular complexity index is 892. The molecule has 4 rings (SSSR count). The van der Waals surface area contributed by atoms with E-state index in [1.807, 2.05) is 42.2 Å². The Morgan fingerprint density at radius 3 is 2.65 bits per heavy atom. The van der Waals surface area contributed by atoms with Crippen LogP contribution in [0.5, 0.6) is 0 Å². The number of hydrogen-bond acceptors (Lipinski definition) is 4. The molecule has 0 spiro atoms. The number of fused-ring (bicyclic) bond motifs is 3. The lowest BCUT2D eigenvalue weighted by Gasteiger charge is -2.31. The van der Waals surface area contributed by atoms with E-state index in [1.54, 1.807) is 0 Å². The van der Waals surface area contributed by atoms with Gasteiger partial charge in [0.05, 0.1) is 5.52 Å². The summed E-state index contributed by atoms with van der Waals surface area (Å²) in [6.45, 7) is 5.23. The number of rotatable bonds is 1. The highest BCUT2D eigenvalue weighted by Gasteiger charge is 2.24. The van der Waals surface area contributed by atoms with E-state index in [2.05, 4.69) is 16.9 Å². The average molecular weight is 309 g/mol. The molecule has 0 atom stereocenters. The zero-order chi connectivity index (χ0) is 16.0. The first-order chi connectivity index (χ1) is 11.1. The van der Waals surface area contributed by atoms with Gasteiger partial charge in [-0.1, -0.05) is 12.1 Å². The van der Waals surface area contributed by atoms with Crippen LogP contribution in [0.2, 0.25) is 0 Å². The van der Waals surface area contributed by atoms with Crippen molar-refractivity contribution < 1.29 is 9.21 Å². The number of benzene rings is 1. The van der Waals surface area contributed by atoms with Crippen molar-refractivity contribution in [1.82, 2.24) is 14.8 Å². The first kappa shape index (κ1) is 14.2. The molecule has 0 radical (unpaired) electrons. The smallest absolute Gasteiger partial charge is 0.289 e. The fraction of sp³-hybridized carbons (Fsp3) is 0.333. The van der Waals surface area contributed by atoms with Gasteiger partial charge in [0.15, 0.2) is 5.76 Å². The Hall–Kier alpha value is -2.40. The normalized spacial score (nSPS) is 16.3. The summed E-state index contributed by atoms with van der Waals surface area (Å²) in [7, 11) is 2.07. The molecule has 1 aliphatic heterocycles. The van der Waals surface area contributed by atoms with Crippen molar-refractivity contribution in [2.75, 3.05) is 33.2 Å². The van der Waals surface area contributed by atoms with Crippen LogP contribution in [0, 0.1) is 6.92 Å². The Morgan fingerprint density at radius 2 is 1.87 bits per heavy atom. The van der Waals surface area contributed by atoms with Crippen LogP contribution >= 0.6 is 0 Å². The van der Waals surface area contributed by atoms with Gasteiger partial charge in [0.2, 0.25) is 0 Å². The van der Waals surface area contributed by atoms with E-state index in [9.17, 15) is 4.79 Å². The standard InChI is InChI=1S/C18H19N3O2/c1-12-14-11-16(18(22)21-9-7-20(2)8-10-21)23-17(14)13-5-3-4-6-15(13)19-12/h3-6,11H,7-10H2,1-2H3. The molecular weight excluding hydrogens is 290 g/mol. The predicted molar refractivity (Wildman–Crippen MR) is 89.7 cm³/mol. The van der Waals surface area contributed by atoms with E-state index in [4.69, 9.17) is 4.42 Å². The quantitative estimate of drug-likeness (QED) is 0.693. The third-order valence-electron chi connectivity index (χ3n) is 4.56. The number of furan rings is 1. The maximum Gasteiger partial charge on any atom is 0.289 e. The van der Waals surface area contributed by atoms with Crippen LogP contribution in [0.1, 0.15) is 16.2 Å². The predicted octanol–water partition coefficient (Wildman–Crippen LogP) is 2.68. The van der Waals surface area contributed by atoms with Crippen molar-refractivity contribution in [2.45, 2.75) is 6.92 Å². The summed E-state index contributed by atoms with van der Waals surface area (Å²) in [5.41, 5.74) is 2.54. The molecule has 1 saturated heterocycles. The van der Waals surface area contributed by atoms with Crippen LogP contribution in [0.4, 0.5) is 0 Å². The molecule has 1 aromatic carbocycles. The maximum absolute atomic E-state index is 12.7.